The van der Waals surface area contributed by atoms with Crippen LogP contribution in [0.2, 0.25) is 10.0 Å². The van der Waals surface area contributed by atoms with Crippen LogP contribution in [0.25, 0.3) is 0 Å². The van der Waals surface area contributed by atoms with Crippen molar-refractivity contribution >= 4 is 23.2 Å². The van der Waals surface area contributed by atoms with E-state index < -0.39 is 5.60 Å². The van der Waals surface area contributed by atoms with E-state index >= 15 is 0 Å². The van der Waals surface area contributed by atoms with Crippen molar-refractivity contribution in [3.05, 3.63) is 33.8 Å². The summed E-state index contributed by atoms with van der Waals surface area (Å²) < 4.78 is 0. The maximum atomic E-state index is 10.9. The third-order valence-corrected chi connectivity index (χ3v) is 4.20. The Morgan fingerprint density at radius 1 is 1.47 bits per heavy atom. The van der Waals surface area contributed by atoms with Crippen LogP contribution in [0, 0.1) is 5.92 Å². The number of hydrogen-bond acceptors (Lipinski definition) is 2. The van der Waals surface area contributed by atoms with Crippen LogP contribution in [0.5, 0.6) is 0 Å². The van der Waals surface area contributed by atoms with E-state index in [-0.39, 0.29) is 5.92 Å². The Morgan fingerprint density at radius 2 is 2.24 bits per heavy atom. The van der Waals surface area contributed by atoms with Gasteiger partial charge in [-0.15, -0.1) is 0 Å². The Kier molecular flexibility index (Phi) is 3.99. The molecule has 0 bridgehead atoms. The molecule has 2 atom stereocenters. The monoisotopic (exact) mass is 273 g/mol. The first-order chi connectivity index (χ1) is 8.08. The minimum absolute atomic E-state index is 0.173. The normalized spacial score (nSPS) is 29.3. The van der Waals surface area contributed by atoms with Crippen LogP contribution in [-0.2, 0) is 5.60 Å². The van der Waals surface area contributed by atoms with Crippen LogP contribution in [0.15, 0.2) is 18.2 Å². The van der Waals surface area contributed by atoms with E-state index in [1.165, 1.54) is 0 Å². The van der Waals surface area contributed by atoms with E-state index in [1.54, 1.807) is 18.2 Å². The van der Waals surface area contributed by atoms with Gasteiger partial charge in [-0.3, -0.25) is 0 Å². The molecule has 94 valence electrons. The Labute approximate surface area is 112 Å². The van der Waals surface area contributed by atoms with E-state index in [0.29, 0.717) is 16.5 Å². The first-order valence-corrected chi connectivity index (χ1v) is 6.72. The van der Waals surface area contributed by atoms with Gasteiger partial charge in [0.05, 0.1) is 5.60 Å². The SMILES string of the molecule is CCC1CNCCC1(O)c1cc(Cl)ccc1Cl. The van der Waals surface area contributed by atoms with Crippen molar-refractivity contribution in [2.75, 3.05) is 13.1 Å². The van der Waals surface area contributed by atoms with E-state index in [2.05, 4.69) is 12.2 Å². The largest absolute Gasteiger partial charge is 0.385 e. The van der Waals surface area contributed by atoms with Gasteiger partial charge in [0.15, 0.2) is 0 Å². The minimum Gasteiger partial charge on any atom is -0.385 e. The summed E-state index contributed by atoms with van der Waals surface area (Å²) >= 11 is 12.2. The number of hydrogen-bond donors (Lipinski definition) is 2. The molecule has 1 aromatic carbocycles. The van der Waals surface area contributed by atoms with Gasteiger partial charge in [0.1, 0.15) is 0 Å². The lowest BCUT2D eigenvalue weighted by Crippen LogP contribution is -2.48. The highest BCUT2D eigenvalue weighted by Gasteiger charge is 2.40. The number of nitrogens with one attached hydrogen (secondary N) is 1. The second kappa shape index (κ2) is 5.15. The van der Waals surface area contributed by atoms with Crippen LogP contribution in [0.1, 0.15) is 25.3 Å². The fraction of sp³-hybridized carbons (Fsp3) is 0.538. The summed E-state index contributed by atoms with van der Waals surface area (Å²) in [7, 11) is 0. The molecule has 1 heterocycles. The molecule has 1 saturated heterocycles. The van der Waals surface area contributed by atoms with E-state index in [4.69, 9.17) is 23.2 Å². The molecule has 1 aromatic rings. The zero-order chi connectivity index (χ0) is 12.5. The standard InChI is InChI=1S/C13H17Cl2NO/c1-2-9-8-16-6-5-13(9,17)11-7-10(14)3-4-12(11)15/h3-4,7,9,16-17H,2,5-6,8H2,1H3. The van der Waals surface area contributed by atoms with Crippen molar-refractivity contribution < 1.29 is 5.11 Å². The van der Waals surface area contributed by atoms with Gasteiger partial charge in [0.2, 0.25) is 0 Å². The Bertz CT molecular complexity index is 410. The van der Waals surface area contributed by atoms with Gasteiger partial charge in [-0.2, -0.15) is 0 Å². The Balaban J connectivity index is 2.44. The van der Waals surface area contributed by atoms with E-state index in [9.17, 15) is 5.11 Å². The number of rotatable bonds is 2. The van der Waals surface area contributed by atoms with Gasteiger partial charge in [0, 0.05) is 28.1 Å². The maximum Gasteiger partial charge on any atom is 0.0963 e. The first kappa shape index (κ1) is 13.2. The number of halogens is 2. The number of benzene rings is 1. The highest BCUT2D eigenvalue weighted by Crippen LogP contribution is 2.41. The lowest BCUT2D eigenvalue weighted by molar-refractivity contribution is -0.0477. The average Bonchev–Trinajstić information content (AvgIpc) is 2.33. The van der Waals surface area contributed by atoms with Crippen LogP contribution in [0.4, 0.5) is 0 Å². The second-order valence-electron chi connectivity index (χ2n) is 4.61. The van der Waals surface area contributed by atoms with Gasteiger partial charge < -0.3 is 10.4 Å². The molecule has 0 aliphatic carbocycles. The molecular formula is C13H17Cl2NO. The lowest BCUT2D eigenvalue weighted by Gasteiger charge is -2.41. The molecule has 0 aromatic heterocycles. The zero-order valence-corrected chi connectivity index (χ0v) is 11.4. The lowest BCUT2D eigenvalue weighted by atomic mass is 9.75. The summed E-state index contributed by atoms with van der Waals surface area (Å²) in [5.74, 6) is 0.173. The molecule has 17 heavy (non-hydrogen) atoms. The molecule has 2 unspecified atom stereocenters. The predicted molar refractivity (Wildman–Crippen MR) is 71.6 cm³/mol. The van der Waals surface area contributed by atoms with Gasteiger partial charge >= 0.3 is 0 Å². The molecule has 0 radical (unpaired) electrons. The molecule has 2 nitrogen and oxygen atoms in total. The molecule has 2 rings (SSSR count). The summed E-state index contributed by atoms with van der Waals surface area (Å²) in [6.45, 7) is 3.70. The Morgan fingerprint density at radius 3 is 2.94 bits per heavy atom. The summed E-state index contributed by atoms with van der Waals surface area (Å²) in [6.07, 6.45) is 1.58. The van der Waals surface area contributed by atoms with Gasteiger partial charge in [-0.25, -0.2) is 0 Å². The molecule has 1 fully saturated rings. The van der Waals surface area contributed by atoms with Crippen molar-refractivity contribution in [1.29, 1.82) is 0 Å². The molecule has 0 spiro atoms. The maximum absolute atomic E-state index is 10.9. The molecule has 0 amide bonds. The van der Waals surface area contributed by atoms with Gasteiger partial charge in [-0.1, -0.05) is 30.1 Å². The molecule has 1 aliphatic heterocycles. The summed E-state index contributed by atoms with van der Waals surface area (Å²) in [6, 6.07) is 5.29. The van der Waals surface area contributed by atoms with Crippen molar-refractivity contribution in [1.82, 2.24) is 5.32 Å². The molecular weight excluding hydrogens is 257 g/mol. The Hall–Kier alpha value is -0.280. The molecule has 4 heteroatoms. The third kappa shape index (κ3) is 2.45. The summed E-state index contributed by atoms with van der Waals surface area (Å²) in [4.78, 5) is 0. The van der Waals surface area contributed by atoms with Crippen LogP contribution < -0.4 is 5.32 Å². The van der Waals surface area contributed by atoms with Crippen molar-refractivity contribution in [3.8, 4) is 0 Å². The minimum atomic E-state index is -0.859. The van der Waals surface area contributed by atoms with Gasteiger partial charge in [-0.05, 0) is 37.6 Å². The van der Waals surface area contributed by atoms with Crippen LogP contribution in [0.3, 0.4) is 0 Å². The second-order valence-corrected chi connectivity index (χ2v) is 5.45. The van der Waals surface area contributed by atoms with Crippen LogP contribution in [-0.4, -0.2) is 18.2 Å². The summed E-state index contributed by atoms with van der Waals surface area (Å²) in [5, 5.41) is 15.4. The first-order valence-electron chi connectivity index (χ1n) is 5.96. The average molecular weight is 274 g/mol. The quantitative estimate of drug-likeness (QED) is 0.868. The highest BCUT2D eigenvalue weighted by atomic mass is 35.5. The number of aliphatic hydroxyl groups is 1. The van der Waals surface area contributed by atoms with Crippen molar-refractivity contribution in [3.63, 3.8) is 0 Å². The van der Waals surface area contributed by atoms with Crippen molar-refractivity contribution in [2.45, 2.75) is 25.4 Å². The van der Waals surface area contributed by atoms with E-state index in [1.807, 2.05) is 0 Å². The smallest absolute Gasteiger partial charge is 0.0963 e. The highest BCUT2D eigenvalue weighted by molar-refractivity contribution is 6.33. The third-order valence-electron chi connectivity index (χ3n) is 3.64. The number of piperidine rings is 1. The fourth-order valence-corrected chi connectivity index (χ4v) is 3.05. The summed E-state index contributed by atoms with van der Waals surface area (Å²) in [5.41, 5.74) is -0.0952. The van der Waals surface area contributed by atoms with Crippen LogP contribution >= 0.6 is 23.2 Å². The zero-order valence-electron chi connectivity index (χ0n) is 9.84. The fourth-order valence-electron chi connectivity index (χ4n) is 2.59. The predicted octanol–water partition coefficient (Wildman–Crippen LogP) is 3.20. The molecule has 0 saturated carbocycles. The van der Waals surface area contributed by atoms with E-state index in [0.717, 1.165) is 25.1 Å². The van der Waals surface area contributed by atoms with Crippen molar-refractivity contribution in [2.24, 2.45) is 5.92 Å². The molecule has 2 N–H and O–H groups in total. The van der Waals surface area contributed by atoms with Gasteiger partial charge in [0.25, 0.3) is 0 Å². The molecule has 1 aliphatic rings. The topological polar surface area (TPSA) is 32.3 Å².